The zero-order valence-corrected chi connectivity index (χ0v) is 11.2. The minimum absolute atomic E-state index is 0.395. The Morgan fingerprint density at radius 3 is 2.27 bits per heavy atom. The molecule has 3 nitrogen and oxygen atoms in total. The number of rotatable bonds is 3. The molecule has 4 heteroatoms. The number of ether oxygens (including phenoxy) is 1. The van der Waals surface area contributed by atoms with Gasteiger partial charge in [-0.05, 0) is 37.5 Å². The Labute approximate surface area is 99.1 Å². The normalized spacial score (nSPS) is 10.3. The third kappa shape index (κ3) is 2.11. The molecule has 0 atom stereocenters. The molecule has 0 heterocycles. The summed E-state index contributed by atoms with van der Waals surface area (Å²) in [5.74, 6) is 0.874. The average molecular weight is 273 g/mol. The van der Waals surface area contributed by atoms with E-state index in [9.17, 15) is 0 Å². The van der Waals surface area contributed by atoms with Crippen molar-refractivity contribution in [3.63, 3.8) is 0 Å². The van der Waals surface area contributed by atoms with E-state index in [2.05, 4.69) is 28.2 Å². The molecule has 0 saturated heterocycles. The van der Waals surface area contributed by atoms with Gasteiger partial charge in [-0.1, -0.05) is 15.9 Å². The smallest absolute Gasteiger partial charge is 0.145 e. The summed E-state index contributed by atoms with van der Waals surface area (Å²) < 4.78 is 6.51. The summed E-state index contributed by atoms with van der Waals surface area (Å²) in [4.78, 5) is 0. The van der Waals surface area contributed by atoms with Crippen LogP contribution in [0, 0.1) is 20.8 Å². The largest absolute Gasteiger partial charge is 0.494 e. The fourth-order valence-electron chi connectivity index (χ4n) is 1.65. The highest BCUT2D eigenvalue weighted by atomic mass is 79.9. The average Bonchev–Trinajstić information content (AvgIpc) is 2.24. The van der Waals surface area contributed by atoms with Gasteiger partial charge in [-0.25, -0.2) is 0 Å². The van der Waals surface area contributed by atoms with Gasteiger partial charge in [-0.15, -0.1) is 0 Å². The first-order valence-electron chi connectivity index (χ1n) is 4.81. The van der Waals surface area contributed by atoms with Gasteiger partial charge in [-0.2, -0.15) is 0 Å². The number of hydrogen-bond donors (Lipinski definition) is 2. The molecule has 0 fully saturated rings. The summed E-state index contributed by atoms with van der Waals surface area (Å²) in [7, 11) is 1.68. The molecule has 0 aliphatic carbocycles. The van der Waals surface area contributed by atoms with Gasteiger partial charge >= 0.3 is 0 Å². The zero-order valence-electron chi connectivity index (χ0n) is 9.57. The quantitative estimate of drug-likeness (QED) is 0.832. The maximum atomic E-state index is 5.51. The number of halogens is 1. The van der Waals surface area contributed by atoms with Crippen LogP contribution in [0.4, 0.5) is 5.69 Å². The summed E-state index contributed by atoms with van der Waals surface area (Å²) in [6, 6.07) is 0. The van der Waals surface area contributed by atoms with Gasteiger partial charge < -0.3 is 15.8 Å². The summed E-state index contributed by atoms with van der Waals surface area (Å²) in [6.07, 6.45) is 0. The molecule has 1 aromatic rings. The first-order chi connectivity index (χ1) is 7.04. The number of hydrogen-bond acceptors (Lipinski definition) is 3. The molecule has 0 aliphatic heterocycles. The van der Waals surface area contributed by atoms with E-state index in [1.165, 1.54) is 5.56 Å². The predicted molar refractivity (Wildman–Crippen MR) is 67.6 cm³/mol. The molecule has 15 heavy (non-hydrogen) atoms. The fraction of sp³-hybridized carbons (Fsp3) is 0.455. The summed E-state index contributed by atoms with van der Waals surface area (Å²) in [5, 5.41) is 3.13. The van der Waals surface area contributed by atoms with Crippen molar-refractivity contribution in [1.82, 2.24) is 0 Å². The lowest BCUT2D eigenvalue weighted by molar-refractivity contribution is 0.412. The molecular weight excluding hydrogens is 256 g/mol. The molecule has 0 spiro atoms. The number of anilines is 1. The van der Waals surface area contributed by atoms with Crippen molar-refractivity contribution in [2.45, 2.75) is 20.8 Å². The van der Waals surface area contributed by atoms with E-state index >= 15 is 0 Å². The van der Waals surface area contributed by atoms with E-state index < -0.39 is 0 Å². The Morgan fingerprint density at radius 2 is 1.80 bits per heavy atom. The zero-order chi connectivity index (χ0) is 11.6. The van der Waals surface area contributed by atoms with Gasteiger partial charge in [0, 0.05) is 4.47 Å². The predicted octanol–water partition coefficient (Wildman–Crippen LogP) is 2.71. The van der Waals surface area contributed by atoms with Crippen LogP contribution in [-0.2, 0) is 0 Å². The van der Waals surface area contributed by atoms with Gasteiger partial charge in [-0.3, -0.25) is 0 Å². The molecule has 1 aromatic carbocycles. The van der Waals surface area contributed by atoms with Crippen LogP contribution in [0.3, 0.4) is 0 Å². The first kappa shape index (κ1) is 12.3. The second-order valence-electron chi connectivity index (χ2n) is 3.48. The van der Waals surface area contributed by atoms with E-state index in [-0.39, 0.29) is 0 Å². The molecule has 0 unspecified atom stereocenters. The minimum atomic E-state index is 0.395. The van der Waals surface area contributed by atoms with E-state index in [1.807, 2.05) is 13.8 Å². The number of benzene rings is 1. The van der Waals surface area contributed by atoms with Crippen molar-refractivity contribution in [3.8, 4) is 5.75 Å². The SMILES string of the molecule is COc1c(C)c(C)c(Br)c(C)c1NCN. The molecule has 84 valence electrons. The van der Waals surface area contributed by atoms with Gasteiger partial charge in [0.2, 0.25) is 0 Å². The van der Waals surface area contributed by atoms with Crippen molar-refractivity contribution < 1.29 is 4.74 Å². The molecule has 0 amide bonds. The lowest BCUT2D eigenvalue weighted by Gasteiger charge is -2.19. The monoisotopic (exact) mass is 272 g/mol. The fourth-order valence-corrected chi connectivity index (χ4v) is 2.15. The van der Waals surface area contributed by atoms with Crippen LogP contribution in [-0.4, -0.2) is 13.8 Å². The number of nitrogens with two attached hydrogens (primary N) is 1. The van der Waals surface area contributed by atoms with E-state index in [0.717, 1.165) is 27.0 Å². The topological polar surface area (TPSA) is 47.3 Å². The molecular formula is C11H17BrN2O. The molecule has 0 aliphatic rings. The van der Waals surface area contributed by atoms with Crippen LogP contribution in [0.25, 0.3) is 0 Å². The highest BCUT2D eigenvalue weighted by molar-refractivity contribution is 9.10. The molecule has 3 N–H and O–H groups in total. The van der Waals surface area contributed by atoms with Crippen LogP contribution >= 0.6 is 15.9 Å². The van der Waals surface area contributed by atoms with Gasteiger partial charge in [0.15, 0.2) is 0 Å². The Balaban J connectivity index is 3.47. The van der Waals surface area contributed by atoms with Crippen molar-refractivity contribution in [2.75, 3.05) is 19.1 Å². The maximum Gasteiger partial charge on any atom is 0.145 e. The third-order valence-electron chi connectivity index (χ3n) is 2.65. The Morgan fingerprint density at radius 1 is 1.20 bits per heavy atom. The number of nitrogens with one attached hydrogen (secondary N) is 1. The van der Waals surface area contributed by atoms with Gasteiger partial charge in [0.25, 0.3) is 0 Å². The standard InChI is InChI=1S/C11H17BrN2O/c1-6-7(2)11(15-4)10(14-5-13)8(3)9(6)12/h14H,5,13H2,1-4H3. The van der Waals surface area contributed by atoms with Gasteiger partial charge in [0.05, 0.1) is 19.5 Å². The van der Waals surface area contributed by atoms with Crippen LogP contribution in [0.15, 0.2) is 4.47 Å². The lowest BCUT2D eigenvalue weighted by Crippen LogP contribution is -2.13. The van der Waals surface area contributed by atoms with Gasteiger partial charge in [0.1, 0.15) is 5.75 Å². The summed E-state index contributed by atoms with van der Waals surface area (Å²) in [6.45, 7) is 6.55. The van der Waals surface area contributed by atoms with E-state index in [4.69, 9.17) is 10.5 Å². The van der Waals surface area contributed by atoms with Crippen LogP contribution in [0.5, 0.6) is 5.75 Å². The van der Waals surface area contributed by atoms with E-state index in [0.29, 0.717) is 6.67 Å². The van der Waals surface area contributed by atoms with Crippen molar-refractivity contribution in [3.05, 3.63) is 21.2 Å². The second-order valence-corrected chi connectivity index (χ2v) is 4.27. The molecule has 0 bridgehead atoms. The summed E-state index contributed by atoms with van der Waals surface area (Å²) in [5.41, 5.74) is 9.93. The highest BCUT2D eigenvalue weighted by Gasteiger charge is 2.15. The molecule has 1 rings (SSSR count). The summed E-state index contributed by atoms with van der Waals surface area (Å²) >= 11 is 3.58. The van der Waals surface area contributed by atoms with Crippen LogP contribution in [0.2, 0.25) is 0 Å². The van der Waals surface area contributed by atoms with Crippen LogP contribution < -0.4 is 15.8 Å². The lowest BCUT2D eigenvalue weighted by atomic mass is 10.0. The Hall–Kier alpha value is -0.740. The number of methoxy groups -OCH3 is 1. The first-order valence-corrected chi connectivity index (χ1v) is 5.61. The third-order valence-corrected chi connectivity index (χ3v) is 3.84. The molecule has 0 saturated carbocycles. The Bertz CT molecular complexity index is 378. The van der Waals surface area contributed by atoms with Crippen LogP contribution in [0.1, 0.15) is 16.7 Å². The Kier molecular flexibility index (Phi) is 3.99. The van der Waals surface area contributed by atoms with Crippen molar-refractivity contribution >= 4 is 21.6 Å². The molecule has 0 radical (unpaired) electrons. The minimum Gasteiger partial charge on any atom is -0.494 e. The maximum absolute atomic E-state index is 5.51. The molecule has 0 aromatic heterocycles. The van der Waals surface area contributed by atoms with Crippen molar-refractivity contribution in [2.24, 2.45) is 5.73 Å². The van der Waals surface area contributed by atoms with Crippen molar-refractivity contribution in [1.29, 1.82) is 0 Å². The van der Waals surface area contributed by atoms with E-state index in [1.54, 1.807) is 7.11 Å². The second kappa shape index (κ2) is 4.86. The highest BCUT2D eigenvalue weighted by Crippen LogP contribution is 2.39.